The van der Waals surface area contributed by atoms with Crippen molar-refractivity contribution in [3.8, 4) is 0 Å². The van der Waals surface area contributed by atoms with E-state index in [1.807, 2.05) is 37.4 Å². The average Bonchev–Trinajstić information content (AvgIpc) is 2.68. The molecule has 148 valence electrons. The maximum atomic E-state index is 12.4. The van der Waals surface area contributed by atoms with E-state index in [2.05, 4.69) is 5.32 Å². The molecule has 0 saturated carbocycles. The smallest absolute Gasteiger partial charge is 0.338 e. The second kappa shape index (κ2) is 9.94. The minimum absolute atomic E-state index is 0.142. The van der Waals surface area contributed by atoms with Gasteiger partial charge in [0.25, 0.3) is 5.91 Å². The Hall–Kier alpha value is -2.80. The predicted octanol–water partition coefficient (Wildman–Crippen LogP) is 3.36. The topological polar surface area (TPSA) is 75.7 Å². The zero-order chi connectivity index (χ0) is 20.7. The molecule has 2 aromatic rings. The number of rotatable bonds is 7. The lowest BCUT2D eigenvalue weighted by Crippen LogP contribution is -2.41. The van der Waals surface area contributed by atoms with Crippen molar-refractivity contribution in [3.05, 3.63) is 59.7 Å². The number of aryl methyl sites for hydroxylation is 1. The molecule has 2 rings (SSSR count). The molecule has 0 aliphatic rings. The lowest BCUT2D eigenvalue weighted by atomic mass is 10.2. The van der Waals surface area contributed by atoms with Gasteiger partial charge in [-0.05, 0) is 56.5 Å². The van der Waals surface area contributed by atoms with Gasteiger partial charge in [0.1, 0.15) is 0 Å². The molecule has 0 aliphatic heterocycles. The molecule has 0 bridgehead atoms. The van der Waals surface area contributed by atoms with E-state index in [4.69, 9.17) is 4.74 Å². The number of carbonyl (C=O) groups is 3. The van der Waals surface area contributed by atoms with Gasteiger partial charge in [0, 0.05) is 17.6 Å². The third-order valence-corrected chi connectivity index (χ3v) is 4.79. The Balaban J connectivity index is 1.87. The van der Waals surface area contributed by atoms with Crippen LogP contribution in [0.2, 0.25) is 0 Å². The number of hydrogen-bond acceptors (Lipinski definition) is 5. The summed E-state index contributed by atoms with van der Waals surface area (Å²) in [7, 11) is 1.49. The number of anilines is 1. The van der Waals surface area contributed by atoms with Gasteiger partial charge in [-0.3, -0.25) is 9.59 Å². The summed E-state index contributed by atoms with van der Waals surface area (Å²) in [5.41, 5.74) is 2.12. The van der Waals surface area contributed by atoms with Gasteiger partial charge in [0.2, 0.25) is 5.91 Å². The fraction of sp³-hybridized carbons (Fsp3) is 0.286. The lowest BCUT2D eigenvalue weighted by Gasteiger charge is -2.21. The van der Waals surface area contributed by atoms with Crippen molar-refractivity contribution in [2.75, 3.05) is 25.2 Å². The summed E-state index contributed by atoms with van der Waals surface area (Å²) in [6.07, 6.45) is 0.948. The molecule has 0 fully saturated rings. The fourth-order valence-electron chi connectivity index (χ4n) is 2.45. The van der Waals surface area contributed by atoms with Crippen LogP contribution in [0.5, 0.6) is 0 Å². The first-order valence-corrected chi connectivity index (χ1v) is 9.99. The number of hydrogen-bond donors (Lipinski definition) is 1. The standard InChI is InChI=1S/C21H24N2O4S/c1-14-5-9-17(10-6-14)22-19(24)13-23(3)20(25)15(2)27-21(26)16-7-11-18(28-4)12-8-16/h5-12,15H,13H2,1-4H3,(H,22,24)/t15-/m0/s1. The Morgan fingerprint density at radius 1 is 1.07 bits per heavy atom. The second-order valence-corrected chi connectivity index (χ2v) is 7.26. The molecule has 2 amide bonds. The van der Waals surface area contributed by atoms with E-state index in [-0.39, 0.29) is 12.5 Å². The Labute approximate surface area is 169 Å². The Morgan fingerprint density at radius 3 is 2.25 bits per heavy atom. The van der Waals surface area contributed by atoms with Crippen LogP contribution in [-0.2, 0) is 14.3 Å². The Kier molecular flexibility index (Phi) is 7.63. The number of esters is 1. The largest absolute Gasteiger partial charge is 0.449 e. The van der Waals surface area contributed by atoms with Crippen molar-refractivity contribution in [1.29, 1.82) is 0 Å². The number of carbonyl (C=O) groups excluding carboxylic acids is 3. The summed E-state index contributed by atoms with van der Waals surface area (Å²) in [4.78, 5) is 39.0. The van der Waals surface area contributed by atoms with E-state index in [0.717, 1.165) is 10.5 Å². The minimum Gasteiger partial charge on any atom is -0.449 e. The fourth-order valence-corrected chi connectivity index (χ4v) is 2.86. The molecule has 2 aromatic carbocycles. The number of likely N-dealkylation sites (N-methyl/N-ethyl adjacent to an activating group) is 1. The molecule has 0 saturated heterocycles. The molecule has 0 radical (unpaired) electrons. The third-order valence-electron chi connectivity index (χ3n) is 4.05. The minimum atomic E-state index is -0.995. The Morgan fingerprint density at radius 2 is 1.68 bits per heavy atom. The zero-order valence-electron chi connectivity index (χ0n) is 16.4. The van der Waals surface area contributed by atoms with Gasteiger partial charge in [0.15, 0.2) is 6.10 Å². The van der Waals surface area contributed by atoms with E-state index in [1.54, 1.807) is 36.0 Å². The van der Waals surface area contributed by atoms with Gasteiger partial charge in [-0.25, -0.2) is 4.79 Å². The first-order valence-electron chi connectivity index (χ1n) is 8.76. The number of nitrogens with one attached hydrogen (secondary N) is 1. The summed E-state index contributed by atoms with van der Waals surface area (Å²) in [6.45, 7) is 3.31. The number of nitrogens with zero attached hydrogens (tertiary/aromatic N) is 1. The van der Waals surface area contributed by atoms with Crippen LogP contribution in [-0.4, -0.2) is 48.6 Å². The van der Waals surface area contributed by atoms with Gasteiger partial charge >= 0.3 is 5.97 Å². The van der Waals surface area contributed by atoms with Crippen LogP contribution < -0.4 is 5.32 Å². The maximum absolute atomic E-state index is 12.4. The monoisotopic (exact) mass is 400 g/mol. The van der Waals surface area contributed by atoms with Gasteiger partial charge in [-0.15, -0.1) is 11.8 Å². The molecular formula is C21H24N2O4S. The van der Waals surface area contributed by atoms with Gasteiger partial charge < -0.3 is 15.0 Å². The van der Waals surface area contributed by atoms with Crippen LogP contribution in [0.25, 0.3) is 0 Å². The van der Waals surface area contributed by atoms with Crippen molar-refractivity contribution >= 4 is 35.2 Å². The summed E-state index contributed by atoms with van der Waals surface area (Å²) in [5, 5.41) is 2.73. The van der Waals surface area contributed by atoms with Crippen molar-refractivity contribution in [2.45, 2.75) is 24.8 Å². The highest BCUT2D eigenvalue weighted by Gasteiger charge is 2.23. The number of amides is 2. The Bertz CT molecular complexity index is 834. The van der Waals surface area contributed by atoms with E-state index in [0.29, 0.717) is 11.3 Å². The number of ether oxygens (including phenoxy) is 1. The molecule has 0 heterocycles. The van der Waals surface area contributed by atoms with Crippen LogP contribution in [0.4, 0.5) is 5.69 Å². The normalized spacial score (nSPS) is 11.4. The van der Waals surface area contributed by atoms with Crippen LogP contribution in [0.3, 0.4) is 0 Å². The molecule has 1 atom stereocenters. The first kappa shape index (κ1) is 21.5. The molecule has 28 heavy (non-hydrogen) atoms. The molecule has 0 aromatic heterocycles. The summed E-state index contributed by atoms with van der Waals surface area (Å²) < 4.78 is 5.24. The third kappa shape index (κ3) is 6.13. The highest BCUT2D eigenvalue weighted by Crippen LogP contribution is 2.16. The predicted molar refractivity (Wildman–Crippen MR) is 111 cm³/mol. The molecule has 6 nitrogen and oxygen atoms in total. The van der Waals surface area contributed by atoms with Gasteiger partial charge in [0.05, 0.1) is 12.1 Å². The van der Waals surface area contributed by atoms with Gasteiger partial charge in [-0.2, -0.15) is 0 Å². The van der Waals surface area contributed by atoms with Crippen LogP contribution in [0.15, 0.2) is 53.4 Å². The summed E-state index contributed by atoms with van der Waals surface area (Å²) in [5.74, 6) is -1.36. The van der Waals surface area contributed by atoms with E-state index < -0.39 is 18.0 Å². The molecule has 0 unspecified atom stereocenters. The lowest BCUT2D eigenvalue weighted by molar-refractivity contribution is -0.140. The highest BCUT2D eigenvalue weighted by molar-refractivity contribution is 7.98. The zero-order valence-corrected chi connectivity index (χ0v) is 17.2. The van der Waals surface area contributed by atoms with Crippen LogP contribution >= 0.6 is 11.8 Å². The number of benzene rings is 2. The van der Waals surface area contributed by atoms with Crippen molar-refractivity contribution in [3.63, 3.8) is 0 Å². The molecule has 0 spiro atoms. The highest BCUT2D eigenvalue weighted by atomic mass is 32.2. The van der Waals surface area contributed by atoms with Crippen molar-refractivity contribution < 1.29 is 19.1 Å². The van der Waals surface area contributed by atoms with E-state index in [9.17, 15) is 14.4 Å². The quantitative estimate of drug-likeness (QED) is 0.570. The summed E-state index contributed by atoms with van der Waals surface area (Å²) in [6, 6.07) is 14.3. The van der Waals surface area contributed by atoms with Crippen molar-refractivity contribution in [1.82, 2.24) is 4.90 Å². The molecule has 7 heteroatoms. The first-order chi connectivity index (χ1) is 13.3. The summed E-state index contributed by atoms with van der Waals surface area (Å²) >= 11 is 1.57. The van der Waals surface area contributed by atoms with Crippen LogP contribution in [0.1, 0.15) is 22.8 Å². The average molecular weight is 401 g/mol. The SMILES string of the molecule is CSc1ccc(C(=O)O[C@@H](C)C(=O)N(C)CC(=O)Nc2ccc(C)cc2)cc1. The number of thioether (sulfide) groups is 1. The van der Waals surface area contributed by atoms with E-state index >= 15 is 0 Å². The van der Waals surface area contributed by atoms with Crippen LogP contribution in [0, 0.1) is 6.92 Å². The van der Waals surface area contributed by atoms with Gasteiger partial charge in [-0.1, -0.05) is 17.7 Å². The molecule has 0 aliphatic carbocycles. The maximum Gasteiger partial charge on any atom is 0.338 e. The van der Waals surface area contributed by atoms with E-state index in [1.165, 1.54) is 18.9 Å². The second-order valence-electron chi connectivity index (χ2n) is 6.38. The molecular weight excluding hydrogens is 376 g/mol. The molecule has 1 N–H and O–H groups in total. The van der Waals surface area contributed by atoms with Crippen molar-refractivity contribution in [2.24, 2.45) is 0 Å².